The molecule has 4 heteroatoms. The van der Waals surface area contributed by atoms with Gasteiger partial charge in [-0.3, -0.25) is 4.79 Å². The van der Waals surface area contributed by atoms with Gasteiger partial charge in [-0.2, -0.15) is 11.8 Å². The quantitative estimate of drug-likeness (QED) is 0.790. The molecule has 1 aliphatic rings. The van der Waals surface area contributed by atoms with Gasteiger partial charge in [0.2, 0.25) is 5.91 Å². The number of thioether (sulfide) groups is 1. The summed E-state index contributed by atoms with van der Waals surface area (Å²) in [6.07, 6.45) is 1.19. The predicted molar refractivity (Wildman–Crippen MR) is 70.5 cm³/mol. The third-order valence-corrected chi connectivity index (χ3v) is 4.53. The van der Waals surface area contributed by atoms with Gasteiger partial charge in [-0.05, 0) is 23.5 Å². The van der Waals surface area contributed by atoms with Crippen LogP contribution in [0.15, 0.2) is 0 Å². The number of carbonyl (C=O) groups is 1. The SMILES string of the molecule is CC(C)C(NC1CSCCC1(C)C)C(N)=O. The van der Waals surface area contributed by atoms with Crippen molar-refractivity contribution in [3.05, 3.63) is 0 Å². The van der Waals surface area contributed by atoms with Crippen LogP contribution in [0, 0.1) is 11.3 Å². The smallest absolute Gasteiger partial charge is 0.234 e. The summed E-state index contributed by atoms with van der Waals surface area (Å²) < 4.78 is 0. The molecule has 0 radical (unpaired) electrons. The van der Waals surface area contributed by atoms with E-state index in [-0.39, 0.29) is 23.3 Å². The second-order valence-electron chi connectivity index (χ2n) is 5.66. The molecule has 0 aromatic rings. The largest absolute Gasteiger partial charge is 0.368 e. The lowest BCUT2D eigenvalue weighted by Gasteiger charge is -2.41. The summed E-state index contributed by atoms with van der Waals surface area (Å²) in [5, 5.41) is 3.45. The molecule has 0 spiro atoms. The van der Waals surface area contributed by atoms with Gasteiger partial charge in [0.1, 0.15) is 0 Å². The standard InChI is InChI=1S/C12H24N2OS/c1-8(2)10(11(13)15)14-9-7-16-6-5-12(9,3)4/h8-10,14H,5-7H2,1-4H3,(H2,13,15). The minimum absolute atomic E-state index is 0.206. The first-order chi connectivity index (χ1) is 7.34. The zero-order valence-electron chi connectivity index (χ0n) is 10.7. The third kappa shape index (κ3) is 3.39. The van der Waals surface area contributed by atoms with Gasteiger partial charge in [0.05, 0.1) is 6.04 Å². The maximum Gasteiger partial charge on any atom is 0.234 e. The first-order valence-corrected chi connectivity index (χ1v) is 7.13. The summed E-state index contributed by atoms with van der Waals surface area (Å²) in [7, 11) is 0. The summed E-state index contributed by atoms with van der Waals surface area (Å²) in [5.41, 5.74) is 5.69. The van der Waals surface area contributed by atoms with E-state index in [1.54, 1.807) is 0 Å². The van der Waals surface area contributed by atoms with Crippen molar-refractivity contribution in [3.63, 3.8) is 0 Å². The van der Waals surface area contributed by atoms with Crippen LogP contribution in [0.2, 0.25) is 0 Å². The van der Waals surface area contributed by atoms with Gasteiger partial charge in [0, 0.05) is 11.8 Å². The molecular weight excluding hydrogens is 220 g/mol. The molecule has 1 aliphatic heterocycles. The minimum Gasteiger partial charge on any atom is -0.368 e. The fourth-order valence-electron chi connectivity index (χ4n) is 2.03. The van der Waals surface area contributed by atoms with Crippen LogP contribution >= 0.6 is 11.8 Å². The van der Waals surface area contributed by atoms with E-state index in [9.17, 15) is 4.79 Å². The minimum atomic E-state index is -0.235. The monoisotopic (exact) mass is 244 g/mol. The van der Waals surface area contributed by atoms with Crippen LogP contribution in [0.25, 0.3) is 0 Å². The highest BCUT2D eigenvalue weighted by Crippen LogP contribution is 2.34. The van der Waals surface area contributed by atoms with Gasteiger partial charge in [-0.25, -0.2) is 0 Å². The first kappa shape index (κ1) is 13.8. The van der Waals surface area contributed by atoms with Gasteiger partial charge >= 0.3 is 0 Å². The Morgan fingerprint density at radius 1 is 1.50 bits per heavy atom. The van der Waals surface area contributed by atoms with E-state index < -0.39 is 0 Å². The highest BCUT2D eigenvalue weighted by molar-refractivity contribution is 7.99. The molecule has 2 atom stereocenters. The second kappa shape index (κ2) is 5.41. The Balaban J connectivity index is 2.66. The average molecular weight is 244 g/mol. The summed E-state index contributed by atoms with van der Waals surface area (Å²) in [6, 6.07) is 0.175. The van der Waals surface area contributed by atoms with E-state index >= 15 is 0 Å². The van der Waals surface area contributed by atoms with Crippen molar-refractivity contribution >= 4 is 17.7 Å². The highest BCUT2D eigenvalue weighted by Gasteiger charge is 2.35. The Morgan fingerprint density at radius 2 is 2.12 bits per heavy atom. The highest BCUT2D eigenvalue weighted by atomic mass is 32.2. The summed E-state index contributed by atoms with van der Waals surface area (Å²) in [4.78, 5) is 11.4. The molecule has 3 N–H and O–H groups in total. The molecule has 0 bridgehead atoms. The van der Waals surface area contributed by atoms with Crippen molar-refractivity contribution in [3.8, 4) is 0 Å². The number of nitrogens with one attached hydrogen (secondary N) is 1. The Hall–Kier alpha value is -0.220. The molecular formula is C12H24N2OS. The molecule has 16 heavy (non-hydrogen) atoms. The zero-order valence-corrected chi connectivity index (χ0v) is 11.6. The zero-order chi connectivity index (χ0) is 12.3. The molecule has 0 saturated carbocycles. The van der Waals surface area contributed by atoms with Gasteiger partial charge in [0.15, 0.2) is 0 Å². The number of rotatable bonds is 4. The van der Waals surface area contributed by atoms with Crippen LogP contribution in [0.4, 0.5) is 0 Å². The molecule has 1 saturated heterocycles. The Labute approximate surface area is 103 Å². The van der Waals surface area contributed by atoms with Crippen LogP contribution in [0.3, 0.4) is 0 Å². The van der Waals surface area contributed by atoms with E-state index in [1.165, 1.54) is 12.2 Å². The van der Waals surface area contributed by atoms with Crippen molar-refractivity contribution < 1.29 is 4.79 Å². The van der Waals surface area contributed by atoms with Crippen molar-refractivity contribution in [1.82, 2.24) is 5.32 Å². The lowest BCUT2D eigenvalue weighted by Crippen LogP contribution is -2.56. The number of carbonyl (C=O) groups excluding carboxylic acids is 1. The van der Waals surface area contributed by atoms with E-state index in [0.29, 0.717) is 6.04 Å². The molecule has 1 amide bonds. The van der Waals surface area contributed by atoms with Crippen molar-refractivity contribution in [2.45, 2.75) is 46.2 Å². The Bertz CT molecular complexity index is 253. The van der Waals surface area contributed by atoms with E-state index in [0.717, 1.165) is 5.75 Å². The summed E-state index contributed by atoms with van der Waals surface area (Å²) in [6.45, 7) is 8.60. The summed E-state index contributed by atoms with van der Waals surface area (Å²) in [5.74, 6) is 2.30. The maximum absolute atomic E-state index is 11.4. The third-order valence-electron chi connectivity index (χ3n) is 3.47. The lowest BCUT2D eigenvalue weighted by molar-refractivity contribution is -0.121. The van der Waals surface area contributed by atoms with Crippen molar-refractivity contribution in [2.24, 2.45) is 17.1 Å². The van der Waals surface area contributed by atoms with Crippen LogP contribution in [0.1, 0.15) is 34.1 Å². The van der Waals surface area contributed by atoms with E-state index in [1.807, 2.05) is 25.6 Å². The number of nitrogens with two attached hydrogens (primary N) is 1. The van der Waals surface area contributed by atoms with Crippen LogP contribution in [0.5, 0.6) is 0 Å². The first-order valence-electron chi connectivity index (χ1n) is 5.97. The Morgan fingerprint density at radius 3 is 2.56 bits per heavy atom. The molecule has 0 aromatic carbocycles. The lowest BCUT2D eigenvalue weighted by atomic mass is 9.81. The molecule has 0 aliphatic carbocycles. The number of hydrogen-bond donors (Lipinski definition) is 2. The second-order valence-corrected chi connectivity index (χ2v) is 6.81. The molecule has 3 nitrogen and oxygen atoms in total. The Kier molecular flexibility index (Phi) is 4.68. The maximum atomic E-state index is 11.4. The van der Waals surface area contributed by atoms with Crippen molar-refractivity contribution in [1.29, 1.82) is 0 Å². The van der Waals surface area contributed by atoms with Crippen LogP contribution < -0.4 is 11.1 Å². The van der Waals surface area contributed by atoms with Gasteiger partial charge < -0.3 is 11.1 Å². The van der Waals surface area contributed by atoms with E-state index in [4.69, 9.17) is 5.73 Å². The van der Waals surface area contributed by atoms with Gasteiger partial charge in [0.25, 0.3) is 0 Å². The number of primary amides is 1. The van der Waals surface area contributed by atoms with Gasteiger partial charge in [-0.15, -0.1) is 0 Å². The van der Waals surface area contributed by atoms with Crippen LogP contribution in [-0.2, 0) is 4.79 Å². The summed E-state index contributed by atoms with van der Waals surface area (Å²) >= 11 is 1.96. The molecule has 0 aromatic heterocycles. The molecule has 2 unspecified atom stereocenters. The van der Waals surface area contributed by atoms with Crippen molar-refractivity contribution in [2.75, 3.05) is 11.5 Å². The number of amides is 1. The fraction of sp³-hybridized carbons (Fsp3) is 0.917. The average Bonchev–Trinajstić information content (AvgIpc) is 2.14. The topological polar surface area (TPSA) is 55.1 Å². The normalized spacial score (nSPS) is 26.7. The molecule has 1 fully saturated rings. The fourth-order valence-corrected chi connectivity index (χ4v) is 3.65. The van der Waals surface area contributed by atoms with Gasteiger partial charge in [-0.1, -0.05) is 27.7 Å². The molecule has 94 valence electrons. The number of hydrogen-bond acceptors (Lipinski definition) is 3. The van der Waals surface area contributed by atoms with Crippen LogP contribution in [-0.4, -0.2) is 29.5 Å². The molecule has 1 rings (SSSR count). The molecule has 1 heterocycles. The van der Waals surface area contributed by atoms with E-state index in [2.05, 4.69) is 19.2 Å². The predicted octanol–water partition coefficient (Wildman–Crippen LogP) is 1.62.